The fourth-order valence-corrected chi connectivity index (χ4v) is 4.29. The summed E-state index contributed by atoms with van der Waals surface area (Å²) in [7, 11) is 1.54. The van der Waals surface area contributed by atoms with E-state index in [-0.39, 0.29) is 31.4 Å². The van der Waals surface area contributed by atoms with Crippen molar-refractivity contribution < 1.29 is 23.8 Å². The van der Waals surface area contributed by atoms with Gasteiger partial charge in [0.1, 0.15) is 23.9 Å². The number of hydrogen-bond acceptors (Lipinski definition) is 4. The second-order valence-electron chi connectivity index (χ2n) is 8.71. The number of aromatic nitrogens is 1. The number of aliphatic carboxylic acids is 1. The van der Waals surface area contributed by atoms with Crippen LogP contribution in [0.4, 0.5) is 4.39 Å². The lowest BCUT2D eigenvalue weighted by atomic mass is 9.96. The van der Waals surface area contributed by atoms with Gasteiger partial charge in [0, 0.05) is 52.4 Å². The molecule has 0 saturated carbocycles. The van der Waals surface area contributed by atoms with Crippen molar-refractivity contribution in [3.05, 3.63) is 83.3 Å². The monoisotopic (exact) mass is 476 g/mol. The van der Waals surface area contributed by atoms with Gasteiger partial charge in [-0.25, -0.2) is 4.39 Å². The van der Waals surface area contributed by atoms with Crippen molar-refractivity contribution in [3.63, 3.8) is 0 Å². The normalized spacial score (nSPS) is 11.3. The third-order valence-corrected chi connectivity index (χ3v) is 6.05. The maximum Gasteiger partial charge on any atom is 0.307 e. The summed E-state index contributed by atoms with van der Waals surface area (Å²) in [5.74, 6) is -0.277. The lowest BCUT2D eigenvalue weighted by Gasteiger charge is -2.16. The Morgan fingerprint density at radius 1 is 1.09 bits per heavy atom. The molecule has 0 saturated heterocycles. The number of halogens is 1. The first-order chi connectivity index (χ1) is 16.8. The Bertz CT molecular complexity index is 1380. The van der Waals surface area contributed by atoms with Crippen LogP contribution in [0.25, 0.3) is 22.0 Å². The number of hydrogen-bond donors (Lipinski definition) is 2. The number of ether oxygens (including phenoxy) is 2. The summed E-state index contributed by atoms with van der Waals surface area (Å²) in [4.78, 5) is 11.3. The summed E-state index contributed by atoms with van der Waals surface area (Å²) in [6.45, 7) is 4.46. The van der Waals surface area contributed by atoms with Crippen molar-refractivity contribution in [1.82, 2.24) is 4.57 Å². The number of carbonyl (C=O) groups is 1. The van der Waals surface area contributed by atoms with Crippen molar-refractivity contribution >= 4 is 16.9 Å². The molecule has 1 heterocycles. The highest BCUT2D eigenvalue weighted by Crippen LogP contribution is 2.35. The molecule has 0 aliphatic carbocycles. The Kier molecular flexibility index (Phi) is 7.07. The van der Waals surface area contributed by atoms with E-state index < -0.39 is 5.97 Å². The summed E-state index contributed by atoms with van der Waals surface area (Å²) in [5, 5.41) is 10.2. The van der Waals surface area contributed by atoms with Crippen LogP contribution in [0, 0.1) is 5.82 Å². The van der Waals surface area contributed by atoms with E-state index >= 15 is 4.39 Å². The van der Waals surface area contributed by atoms with Crippen LogP contribution in [-0.4, -0.2) is 22.8 Å². The highest BCUT2D eigenvalue weighted by Gasteiger charge is 2.17. The van der Waals surface area contributed by atoms with E-state index in [9.17, 15) is 9.90 Å². The standard InChI is InChI=1S/C28H29FN2O4/c1-17(2)31-10-9-22-24(23-6-4-5-20(15-30)28(23)29)11-18(12-25(22)31)16-35-26-14-21(34-3)8-7-19(26)13-27(32)33/h4-12,14,17H,13,15-16,30H2,1-3H3,(H,32,33). The largest absolute Gasteiger partial charge is 0.497 e. The molecule has 0 amide bonds. The minimum atomic E-state index is -0.950. The number of nitrogens with two attached hydrogens (primary N) is 1. The number of carboxylic acids is 1. The minimum absolute atomic E-state index is 0.112. The lowest BCUT2D eigenvalue weighted by Crippen LogP contribution is -2.05. The summed E-state index contributed by atoms with van der Waals surface area (Å²) < 4.78 is 28.8. The average Bonchev–Trinajstić information content (AvgIpc) is 3.27. The number of carboxylic acid groups (broad SMARTS) is 1. The highest BCUT2D eigenvalue weighted by molar-refractivity contribution is 5.96. The molecule has 6 nitrogen and oxygen atoms in total. The van der Waals surface area contributed by atoms with E-state index in [0.717, 1.165) is 22.0 Å². The number of methoxy groups -OCH3 is 1. The van der Waals surface area contributed by atoms with Gasteiger partial charge < -0.3 is 24.9 Å². The van der Waals surface area contributed by atoms with Crippen LogP contribution in [0.5, 0.6) is 11.5 Å². The van der Waals surface area contributed by atoms with Gasteiger partial charge >= 0.3 is 5.97 Å². The first-order valence-electron chi connectivity index (χ1n) is 11.4. The molecule has 7 heteroatoms. The zero-order valence-corrected chi connectivity index (χ0v) is 20.0. The van der Waals surface area contributed by atoms with E-state index in [1.165, 1.54) is 0 Å². The van der Waals surface area contributed by atoms with Crippen LogP contribution in [-0.2, 0) is 24.4 Å². The third-order valence-electron chi connectivity index (χ3n) is 6.05. The molecule has 0 radical (unpaired) electrons. The van der Waals surface area contributed by atoms with Gasteiger partial charge in [0.05, 0.1) is 13.5 Å². The topological polar surface area (TPSA) is 86.7 Å². The second-order valence-corrected chi connectivity index (χ2v) is 8.71. The summed E-state index contributed by atoms with van der Waals surface area (Å²) in [6.07, 6.45) is 1.83. The van der Waals surface area contributed by atoms with Crippen molar-refractivity contribution in [2.45, 2.75) is 39.5 Å². The van der Waals surface area contributed by atoms with Gasteiger partial charge in [0.25, 0.3) is 0 Å². The molecule has 3 N–H and O–H groups in total. The van der Waals surface area contributed by atoms with Gasteiger partial charge in [0.15, 0.2) is 0 Å². The molecule has 35 heavy (non-hydrogen) atoms. The summed E-state index contributed by atoms with van der Waals surface area (Å²) >= 11 is 0. The van der Waals surface area contributed by atoms with E-state index in [0.29, 0.717) is 28.2 Å². The minimum Gasteiger partial charge on any atom is -0.497 e. The van der Waals surface area contributed by atoms with Crippen molar-refractivity contribution in [3.8, 4) is 22.6 Å². The van der Waals surface area contributed by atoms with Crippen LogP contribution in [0.2, 0.25) is 0 Å². The van der Waals surface area contributed by atoms with Gasteiger partial charge in [0.2, 0.25) is 0 Å². The summed E-state index contributed by atoms with van der Waals surface area (Å²) in [5.41, 5.74) is 9.78. The molecule has 0 fully saturated rings. The molecular formula is C28H29FN2O4. The zero-order valence-electron chi connectivity index (χ0n) is 20.0. The van der Waals surface area contributed by atoms with E-state index in [2.05, 4.69) is 18.4 Å². The number of benzene rings is 3. The summed E-state index contributed by atoms with van der Waals surface area (Å²) in [6, 6.07) is 16.5. The molecule has 0 aliphatic heterocycles. The number of rotatable bonds is 9. The Morgan fingerprint density at radius 2 is 1.89 bits per heavy atom. The Labute approximate surface area is 203 Å². The Morgan fingerprint density at radius 3 is 2.57 bits per heavy atom. The smallest absolute Gasteiger partial charge is 0.307 e. The van der Waals surface area contributed by atoms with E-state index in [4.69, 9.17) is 15.2 Å². The maximum atomic E-state index is 15.3. The van der Waals surface area contributed by atoms with Crippen LogP contribution in [0.3, 0.4) is 0 Å². The number of fused-ring (bicyclic) bond motifs is 1. The Balaban J connectivity index is 1.80. The van der Waals surface area contributed by atoms with Crippen LogP contribution in [0.1, 0.15) is 36.6 Å². The van der Waals surface area contributed by atoms with Gasteiger partial charge in [-0.3, -0.25) is 4.79 Å². The Hall–Kier alpha value is -3.84. The molecular weight excluding hydrogens is 447 g/mol. The van der Waals surface area contributed by atoms with E-state index in [1.807, 2.05) is 30.5 Å². The molecule has 0 bridgehead atoms. The third kappa shape index (κ3) is 5.00. The molecule has 0 spiro atoms. The van der Waals surface area contributed by atoms with Crippen LogP contribution >= 0.6 is 0 Å². The molecule has 4 aromatic rings. The lowest BCUT2D eigenvalue weighted by molar-refractivity contribution is -0.136. The van der Waals surface area contributed by atoms with Crippen molar-refractivity contribution in [1.29, 1.82) is 0 Å². The SMILES string of the molecule is COc1ccc(CC(=O)O)c(OCc2cc(-c3cccc(CN)c3F)c3ccn(C(C)C)c3c2)c1. The van der Waals surface area contributed by atoms with Crippen LogP contribution in [0.15, 0.2) is 60.8 Å². The number of nitrogens with zero attached hydrogens (tertiary/aromatic N) is 1. The first kappa shape index (κ1) is 24.3. The van der Waals surface area contributed by atoms with E-state index in [1.54, 1.807) is 37.4 Å². The van der Waals surface area contributed by atoms with Gasteiger partial charge in [-0.2, -0.15) is 0 Å². The fourth-order valence-electron chi connectivity index (χ4n) is 4.29. The molecule has 0 aliphatic rings. The quantitative estimate of drug-likeness (QED) is 0.324. The highest BCUT2D eigenvalue weighted by atomic mass is 19.1. The fraction of sp³-hybridized carbons (Fsp3) is 0.250. The predicted octanol–water partition coefficient (Wildman–Crippen LogP) is 5.70. The first-order valence-corrected chi connectivity index (χ1v) is 11.4. The second kappa shape index (κ2) is 10.2. The van der Waals surface area contributed by atoms with Gasteiger partial charge in [-0.1, -0.05) is 24.3 Å². The van der Waals surface area contributed by atoms with Crippen molar-refractivity contribution in [2.24, 2.45) is 5.73 Å². The molecule has 3 aromatic carbocycles. The van der Waals surface area contributed by atoms with Gasteiger partial charge in [-0.05, 0) is 49.2 Å². The molecule has 4 rings (SSSR count). The van der Waals surface area contributed by atoms with Gasteiger partial charge in [-0.15, -0.1) is 0 Å². The molecule has 182 valence electrons. The molecule has 0 unspecified atom stereocenters. The van der Waals surface area contributed by atoms with Crippen LogP contribution < -0.4 is 15.2 Å². The zero-order chi connectivity index (χ0) is 25.1. The van der Waals surface area contributed by atoms with Crippen molar-refractivity contribution in [2.75, 3.05) is 7.11 Å². The molecule has 1 aromatic heterocycles. The molecule has 0 atom stereocenters. The maximum absolute atomic E-state index is 15.3. The average molecular weight is 477 g/mol. The predicted molar refractivity (Wildman–Crippen MR) is 134 cm³/mol.